The highest BCUT2D eigenvalue weighted by molar-refractivity contribution is 6.33. The molecule has 0 radical (unpaired) electrons. The molecule has 2 aromatic heterocycles. The summed E-state index contributed by atoms with van der Waals surface area (Å²) in [6.45, 7) is 6.84. The van der Waals surface area contributed by atoms with Crippen molar-refractivity contribution >= 4 is 40.5 Å². The predicted molar refractivity (Wildman–Crippen MR) is 118 cm³/mol. The number of oxazole rings is 1. The van der Waals surface area contributed by atoms with Crippen molar-refractivity contribution in [3.05, 3.63) is 57.7 Å². The highest BCUT2D eigenvalue weighted by atomic mass is 35.5. The molecule has 0 bridgehead atoms. The number of aromatic nitrogens is 3. The number of carbonyl (C=O) groups excluding carboxylic acids is 1. The number of nitriles is 1. The van der Waals surface area contributed by atoms with Crippen LogP contribution in [0.3, 0.4) is 0 Å². The first-order valence-corrected chi connectivity index (χ1v) is 10.1. The zero-order chi connectivity index (χ0) is 22.9. The molecule has 0 atom stereocenters. The Hall–Kier alpha value is -3.08. The molecular formula is C22H20Cl2N4O3. The van der Waals surface area contributed by atoms with Crippen molar-refractivity contribution in [1.82, 2.24) is 14.8 Å². The fraction of sp³-hybridized carbons (Fsp3) is 0.273. The number of ether oxygens (including phenoxy) is 1. The quantitative estimate of drug-likeness (QED) is 0.283. The predicted octanol–water partition coefficient (Wildman–Crippen LogP) is 5.67. The number of halogens is 2. The molecule has 0 spiro atoms. The van der Waals surface area contributed by atoms with Gasteiger partial charge >= 0.3 is 5.97 Å². The van der Waals surface area contributed by atoms with E-state index in [1.807, 2.05) is 0 Å². The van der Waals surface area contributed by atoms with Gasteiger partial charge in [0.2, 0.25) is 5.89 Å². The molecule has 31 heavy (non-hydrogen) atoms. The number of rotatable bonds is 4. The molecule has 1 aromatic carbocycles. The van der Waals surface area contributed by atoms with Crippen molar-refractivity contribution in [3.8, 4) is 17.5 Å². The number of nitrogens with zero attached hydrogens (tertiary/aromatic N) is 4. The van der Waals surface area contributed by atoms with E-state index in [9.17, 15) is 10.1 Å². The minimum atomic E-state index is -0.818. The minimum Gasteiger partial charge on any atom is -0.444 e. The molecule has 0 saturated carbocycles. The van der Waals surface area contributed by atoms with Crippen LogP contribution in [0, 0.1) is 23.7 Å². The lowest BCUT2D eigenvalue weighted by molar-refractivity contribution is -0.145. The maximum atomic E-state index is 12.7. The lowest BCUT2D eigenvalue weighted by Gasteiger charge is -2.18. The number of carbonyl (C=O) groups is 1. The Balaban J connectivity index is 2.22. The van der Waals surface area contributed by atoms with Gasteiger partial charge in [-0.1, -0.05) is 35.3 Å². The van der Waals surface area contributed by atoms with Gasteiger partial charge in [0.25, 0.3) is 0 Å². The fourth-order valence-corrected chi connectivity index (χ4v) is 3.21. The molecule has 0 fully saturated rings. The Labute approximate surface area is 189 Å². The summed E-state index contributed by atoms with van der Waals surface area (Å²) in [6, 6.07) is 9.10. The lowest BCUT2D eigenvalue weighted by Crippen LogP contribution is -2.23. The normalized spacial score (nSPS) is 12.3. The first-order chi connectivity index (χ1) is 14.5. The summed E-state index contributed by atoms with van der Waals surface area (Å²) in [5.41, 5.74) is 0.732. The molecule has 160 valence electrons. The molecule has 0 N–H and O–H groups in total. The Kier molecular flexibility index (Phi) is 6.25. The molecule has 3 aromatic rings. The summed E-state index contributed by atoms with van der Waals surface area (Å²) in [5.74, 6) is -0.342. The highest BCUT2D eigenvalue weighted by Crippen LogP contribution is 2.36. The van der Waals surface area contributed by atoms with Crippen LogP contribution in [-0.2, 0) is 16.6 Å². The van der Waals surface area contributed by atoms with Gasteiger partial charge in [0.1, 0.15) is 28.8 Å². The molecule has 7 nitrogen and oxygen atoms in total. The van der Waals surface area contributed by atoms with Crippen molar-refractivity contribution in [3.63, 3.8) is 0 Å². The first kappa shape index (κ1) is 22.6. The van der Waals surface area contributed by atoms with Crippen LogP contribution in [0.25, 0.3) is 22.8 Å². The maximum Gasteiger partial charge on any atom is 0.316 e. The Morgan fingerprint density at radius 3 is 2.48 bits per heavy atom. The summed E-state index contributed by atoms with van der Waals surface area (Å²) in [4.78, 5) is 17.1. The average molecular weight is 459 g/mol. The van der Waals surface area contributed by atoms with Gasteiger partial charge in [-0.25, -0.2) is 4.98 Å². The van der Waals surface area contributed by atoms with Crippen molar-refractivity contribution in [2.24, 2.45) is 12.5 Å². The van der Waals surface area contributed by atoms with Crippen LogP contribution in [0.2, 0.25) is 10.2 Å². The van der Waals surface area contributed by atoms with Crippen molar-refractivity contribution < 1.29 is 13.9 Å². The van der Waals surface area contributed by atoms with Gasteiger partial charge in [0.15, 0.2) is 5.76 Å². The molecule has 0 amide bonds. The van der Waals surface area contributed by atoms with E-state index in [-0.39, 0.29) is 28.1 Å². The van der Waals surface area contributed by atoms with E-state index in [0.717, 1.165) is 0 Å². The van der Waals surface area contributed by atoms with Gasteiger partial charge in [-0.05, 0) is 39.8 Å². The Morgan fingerprint density at radius 2 is 1.94 bits per heavy atom. The lowest BCUT2D eigenvalue weighted by atomic mass is 9.97. The summed E-state index contributed by atoms with van der Waals surface area (Å²) >= 11 is 12.6. The smallest absolute Gasteiger partial charge is 0.316 e. The van der Waals surface area contributed by atoms with Gasteiger partial charge < -0.3 is 9.15 Å². The largest absolute Gasteiger partial charge is 0.444 e. The molecule has 0 aliphatic heterocycles. The number of esters is 1. The van der Waals surface area contributed by atoms with Crippen LogP contribution in [0.5, 0.6) is 0 Å². The monoisotopic (exact) mass is 458 g/mol. The maximum absolute atomic E-state index is 12.7. The minimum absolute atomic E-state index is 0.0161. The van der Waals surface area contributed by atoms with E-state index >= 15 is 0 Å². The second-order valence-corrected chi connectivity index (χ2v) is 8.61. The molecule has 0 aliphatic carbocycles. The van der Waals surface area contributed by atoms with Crippen LogP contribution in [0.4, 0.5) is 0 Å². The molecule has 2 heterocycles. The first-order valence-electron chi connectivity index (χ1n) is 9.31. The molecule has 3 rings (SSSR count). The second-order valence-electron chi connectivity index (χ2n) is 7.85. The molecule has 9 heteroatoms. The van der Waals surface area contributed by atoms with Crippen LogP contribution < -0.4 is 0 Å². The van der Waals surface area contributed by atoms with Gasteiger partial charge in [0.05, 0.1) is 27.3 Å². The van der Waals surface area contributed by atoms with Crippen LogP contribution in [0.1, 0.15) is 37.7 Å². The highest BCUT2D eigenvalue weighted by Gasteiger charge is 2.31. The zero-order valence-electron chi connectivity index (χ0n) is 17.7. The Bertz CT molecular complexity index is 1230. The fourth-order valence-electron chi connectivity index (χ4n) is 2.73. The Morgan fingerprint density at radius 1 is 1.26 bits per heavy atom. The van der Waals surface area contributed by atoms with Gasteiger partial charge in [0, 0.05) is 7.05 Å². The number of hydrogen-bond donors (Lipinski definition) is 0. The SMILES string of the molecule is Cc1nn(C)c(Cl)c1C(OC(=O)C(C)(C)C)=C(C#N)c1coc(-c2ccccc2Cl)n1. The number of benzene rings is 1. The van der Waals surface area contributed by atoms with Gasteiger partial charge in [-0.3, -0.25) is 9.48 Å². The summed E-state index contributed by atoms with van der Waals surface area (Å²) < 4.78 is 12.7. The number of hydrogen-bond acceptors (Lipinski definition) is 6. The summed E-state index contributed by atoms with van der Waals surface area (Å²) in [6.07, 6.45) is 1.31. The van der Waals surface area contributed by atoms with Gasteiger partial charge in [-0.15, -0.1) is 0 Å². The van der Waals surface area contributed by atoms with E-state index in [1.165, 1.54) is 10.9 Å². The van der Waals surface area contributed by atoms with Crippen molar-refractivity contribution in [1.29, 1.82) is 5.26 Å². The molecule has 0 saturated heterocycles. The zero-order valence-corrected chi connectivity index (χ0v) is 19.2. The average Bonchev–Trinajstić information content (AvgIpc) is 3.26. The summed E-state index contributed by atoms with van der Waals surface area (Å²) in [5, 5.41) is 14.9. The third kappa shape index (κ3) is 4.50. The van der Waals surface area contributed by atoms with E-state index in [2.05, 4.69) is 16.2 Å². The third-order valence-electron chi connectivity index (χ3n) is 4.39. The second kappa shape index (κ2) is 8.58. The molecule has 0 unspecified atom stereocenters. The van der Waals surface area contributed by atoms with Crippen LogP contribution in [-0.4, -0.2) is 20.7 Å². The van der Waals surface area contributed by atoms with Crippen LogP contribution >= 0.6 is 23.2 Å². The number of aryl methyl sites for hydroxylation is 2. The van der Waals surface area contributed by atoms with Crippen LogP contribution in [0.15, 0.2) is 34.9 Å². The van der Waals surface area contributed by atoms with E-state index in [4.69, 9.17) is 32.4 Å². The van der Waals surface area contributed by atoms with Crippen molar-refractivity contribution in [2.75, 3.05) is 0 Å². The summed E-state index contributed by atoms with van der Waals surface area (Å²) in [7, 11) is 1.65. The van der Waals surface area contributed by atoms with E-state index < -0.39 is 11.4 Å². The molecular weight excluding hydrogens is 439 g/mol. The number of allylic oxidation sites excluding steroid dienone is 1. The van der Waals surface area contributed by atoms with Gasteiger partial charge in [-0.2, -0.15) is 10.4 Å². The van der Waals surface area contributed by atoms with Crippen molar-refractivity contribution in [2.45, 2.75) is 27.7 Å². The topological polar surface area (TPSA) is 93.9 Å². The molecule has 0 aliphatic rings. The van der Waals surface area contributed by atoms with E-state index in [0.29, 0.717) is 21.8 Å². The third-order valence-corrected chi connectivity index (χ3v) is 5.15. The standard InChI is InChI=1S/C22H20Cl2N4O3/c1-12-17(19(24)28(5)27-12)18(31-21(29)22(2,3)4)14(10-25)16-11-30-20(26-16)13-8-6-7-9-15(13)23/h6-9,11H,1-5H3. The van der Waals surface area contributed by atoms with E-state index in [1.54, 1.807) is 59.0 Å².